The molecule has 0 spiro atoms. The molecule has 0 aliphatic carbocycles. The lowest BCUT2D eigenvalue weighted by Crippen LogP contribution is -2.09. The molecule has 0 aliphatic heterocycles. The molecule has 0 aliphatic rings. The molecule has 1 aromatic heterocycles. The Morgan fingerprint density at radius 2 is 1.36 bits per heavy atom. The van der Waals surface area contributed by atoms with Crippen molar-refractivity contribution in [3.63, 3.8) is 0 Å². The summed E-state index contributed by atoms with van der Waals surface area (Å²) in [6.07, 6.45) is 0. The number of hydrogen-bond donors (Lipinski definition) is 0. The molecule has 5 aromatic rings. The van der Waals surface area contributed by atoms with E-state index in [1.807, 2.05) is 78.9 Å². The number of ether oxygens (including phenoxy) is 1. The Bertz CT molecular complexity index is 1400. The SMILES string of the molecule is O=C(Oc1ccc(Br)cc1-c1nc(-c2ccccc2)oc1-c1ccccc1)c1ccccc1. The van der Waals surface area contributed by atoms with Gasteiger partial charge in [0.1, 0.15) is 11.4 Å². The first-order valence-corrected chi connectivity index (χ1v) is 11.2. The summed E-state index contributed by atoms with van der Waals surface area (Å²) in [6.45, 7) is 0. The monoisotopic (exact) mass is 495 g/mol. The second-order valence-electron chi connectivity index (χ2n) is 7.32. The number of nitrogens with zero attached hydrogens (tertiary/aromatic N) is 1. The highest BCUT2D eigenvalue weighted by atomic mass is 79.9. The van der Waals surface area contributed by atoms with E-state index in [0.29, 0.717) is 34.2 Å². The number of halogens is 1. The molecule has 33 heavy (non-hydrogen) atoms. The average molecular weight is 496 g/mol. The zero-order valence-electron chi connectivity index (χ0n) is 17.4. The third kappa shape index (κ3) is 4.49. The minimum Gasteiger partial charge on any atom is -0.435 e. The Morgan fingerprint density at radius 3 is 2.03 bits per heavy atom. The van der Waals surface area contributed by atoms with Gasteiger partial charge in [0.25, 0.3) is 0 Å². The van der Waals surface area contributed by atoms with E-state index < -0.39 is 5.97 Å². The zero-order chi connectivity index (χ0) is 22.6. The van der Waals surface area contributed by atoms with Crippen molar-refractivity contribution in [3.05, 3.63) is 119 Å². The van der Waals surface area contributed by atoms with Gasteiger partial charge in [-0.25, -0.2) is 9.78 Å². The van der Waals surface area contributed by atoms with Crippen LogP contribution in [-0.4, -0.2) is 11.0 Å². The maximum absolute atomic E-state index is 12.8. The fraction of sp³-hybridized carbons (Fsp3) is 0. The normalized spacial score (nSPS) is 10.7. The van der Waals surface area contributed by atoms with Gasteiger partial charge in [-0.3, -0.25) is 0 Å². The van der Waals surface area contributed by atoms with Gasteiger partial charge in [-0.2, -0.15) is 0 Å². The van der Waals surface area contributed by atoms with Gasteiger partial charge in [-0.05, 0) is 42.5 Å². The highest BCUT2D eigenvalue weighted by Gasteiger charge is 2.22. The fourth-order valence-corrected chi connectivity index (χ4v) is 3.86. The van der Waals surface area contributed by atoms with Crippen molar-refractivity contribution in [1.82, 2.24) is 4.98 Å². The van der Waals surface area contributed by atoms with Gasteiger partial charge >= 0.3 is 5.97 Å². The lowest BCUT2D eigenvalue weighted by molar-refractivity contribution is 0.0735. The van der Waals surface area contributed by atoms with Crippen LogP contribution in [0.3, 0.4) is 0 Å². The maximum atomic E-state index is 12.8. The number of aromatic nitrogens is 1. The number of esters is 1. The molecule has 160 valence electrons. The molecule has 0 bridgehead atoms. The zero-order valence-corrected chi connectivity index (χ0v) is 19.0. The molecule has 0 N–H and O–H groups in total. The molecule has 0 unspecified atom stereocenters. The summed E-state index contributed by atoms with van der Waals surface area (Å²) < 4.78 is 12.9. The van der Waals surface area contributed by atoms with Gasteiger partial charge in [-0.1, -0.05) is 82.7 Å². The van der Waals surface area contributed by atoms with Crippen LogP contribution in [0.2, 0.25) is 0 Å². The first-order valence-electron chi connectivity index (χ1n) is 10.4. The van der Waals surface area contributed by atoms with E-state index in [2.05, 4.69) is 15.9 Å². The summed E-state index contributed by atoms with van der Waals surface area (Å²) in [6, 6.07) is 33.9. The summed E-state index contributed by atoms with van der Waals surface area (Å²) >= 11 is 3.54. The largest absolute Gasteiger partial charge is 0.435 e. The molecule has 4 nitrogen and oxygen atoms in total. The van der Waals surface area contributed by atoms with Crippen LogP contribution in [0.5, 0.6) is 5.75 Å². The van der Waals surface area contributed by atoms with Crippen molar-refractivity contribution < 1.29 is 13.9 Å². The van der Waals surface area contributed by atoms with Crippen LogP contribution in [0.4, 0.5) is 0 Å². The van der Waals surface area contributed by atoms with Crippen LogP contribution < -0.4 is 4.74 Å². The molecule has 0 saturated carbocycles. The van der Waals surface area contributed by atoms with Gasteiger partial charge in [0.15, 0.2) is 5.76 Å². The van der Waals surface area contributed by atoms with Crippen LogP contribution in [-0.2, 0) is 0 Å². The summed E-state index contributed by atoms with van der Waals surface area (Å²) in [5, 5.41) is 0. The standard InChI is InChI=1S/C28H18BrNO3/c29-22-16-17-24(32-28(31)21-14-8-3-9-15-21)23(18-22)25-26(19-10-4-1-5-11-19)33-27(30-25)20-12-6-2-7-13-20/h1-18H. The smallest absolute Gasteiger partial charge is 0.343 e. The molecule has 0 radical (unpaired) electrons. The molecular weight excluding hydrogens is 478 g/mol. The molecule has 0 saturated heterocycles. The van der Waals surface area contributed by atoms with Crippen LogP contribution in [0, 0.1) is 0 Å². The minimum absolute atomic E-state index is 0.400. The predicted octanol–water partition coefficient (Wildman–Crippen LogP) is 7.66. The highest BCUT2D eigenvalue weighted by molar-refractivity contribution is 9.10. The van der Waals surface area contributed by atoms with Crippen molar-refractivity contribution in [1.29, 1.82) is 0 Å². The van der Waals surface area contributed by atoms with E-state index in [1.165, 1.54) is 0 Å². The van der Waals surface area contributed by atoms with Crippen molar-refractivity contribution in [2.75, 3.05) is 0 Å². The number of benzene rings is 4. The van der Waals surface area contributed by atoms with E-state index in [1.54, 1.807) is 30.3 Å². The predicted molar refractivity (Wildman–Crippen MR) is 132 cm³/mol. The first kappa shape index (κ1) is 20.9. The Labute approximate surface area is 199 Å². The topological polar surface area (TPSA) is 52.3 Å². The number of carbonyl (C=O) groups is 1. The number of rotatable bonds is 5. The molecular formula is C28H18BrNO3. The Kier molecular flexibility index (Phi) is 5.87. The van der Waals surface area contributed by atoms with E-state index >= 15 is 0 Å². The highest BCUT2D eigenvalue weighted by Crippen LogP contribution is 2.41. The van der Waals surface area contributed by atoms with Gasteiger partial charge < -0.3 is 9.15 Å². The van der Waals surface area contributed by atoms with Crippen molar-refractivity contribution >= 4 is 21.9 Å². The third-order valence-corrected chi connectivity index (χ3v) is 5.59. The second kappa shape index (κ2) is 9.27. The molecule has 0 fully saturated rings. The Balaban J connectivity index is 1.65. The van der Waals surface area contributed by atoms with Crippen LogP contribution in [0.1, 0.15) is 10.4 Å². The number of hydrogen-bond acceptors (Lipinski definition) is 4. The molecule has 1 heterocycles. The fourth-order valence-electron chi connectivity index (χ4n) is 3.50. The average Bonchev–Trinajstić information content (AvgIpc) is 3.32. The Morgan fingerprint density at radius 1 is 0.758 bits per heavy atom. The summed E-state index contributed by atoms with van der Waals surface area (Å²) in [7, 11) is 0. The third-order valence-electron chi connectivity index (χ3n) is 5.09. The number of oxazole rings is 1. The van der Waals surface area contributed by atoms with Crippen molar-refractivity contribution in [3.8, 4) is 39.8 Å². The lowest BCUT2D eigenvalue weighted by atomic mass is 10.0. The summed E-state index contributed by atoms with van der Waals surface area (Å²) in [4.78, 5) is 17.6. The maximum Gasteiger partial charge on any atom is 0.343 e. The quantitative estimate of drug-likeness (QED) is 0.185. The van der Waals surface area contributed by atoms with Crippen molar-refractivity contribution in [2.45, 2.75) is 0 Å². The van der Waals surface area contributed by atoms with Gasteiger partial charge in [0.2, 0.25) is 5.89 Å². The minimum atomic E-state index is -0.438. The van der Waals surface area contributed by atoms with Crippen LogP contribution >= 0.6 is 15.9 Å². The summed E-state index contributed by atoms with van der Waals surface area (Å²) in [5.74, 6) is 1.05. The molecule has 0 amide bonds. The first-order chi connectivity index (χ1) is 16.2. The summed E-state index contributed by atoms with van der Waals surface area (Å²) in [5.41, 5.74) is 3.46. The molecule has 4 aromatic carbocycles. The second-order valence-corrected chi connectivity index (χ2v) is 8.24. The number of carbonyl (C=O) groups excluding carboxylic acids is 1. The van der Waals surface area contributed by atoms with Gasteiger partial charge in [0, 0.05) is 21.2 Å². The van der Waals surface area contributed by atoms with Crippen LogP contribution in [0.25, 0.3) is 34.0 Å². The van der Waals surface area contributed by atoms with E-state index in [9.17, 15) is 4.79 Å². The molecule has 5 heteroatoms. The molecule has 0 atom stereocenters. The Hall–Kier alpha value is -3.96. The van der Waals surface area contributed by atoms with E-state index in [0.717, 1.165) is 15.6 Å². The van der Waals surface area contributed by atoms with E-state index in [4.69, 9.17) is 14.1 Å². The van der Waals surface area contributed by atoms with Gasteiger partial charge in [-0.15, -0.1) is 0 Å². The van der Waals surface area contributed by atoms with Crippen molar-refractivity contribution in [2.24, 2.45) is 0 Å². The lowest BCUT2D eigenvalue weighted by Gasteiger charge is -2.10. The van der Waals surface area contributed by atoms with Gasteiger partial charge in [0.05, 0.1) is 5.56 Å². The van der Waals surface area contributed by atoms with E-state index in [-0.39, 0.29) is 0 Å². The molecule has 5 rings (SSSR count). The van der Waals surface area contributed by atoms with Crippen LogP contribution in [0.15, 0.2) is 118 Å².